The van der Waals surface area contributed by atoms with Crippen LogP contribution < -0.4 is 5.32 Å². The van der Waals surface area contributed by atoms with Crippen LogP contribution in [0, 0.1) is 23.2 Å². The fourth-order valence-electron chi connectivity index (χ4n) is 4.94. The largest absolute Gasteiger partial charge is 0.356 e. The number of rotatable bonds is 13. The van der Waals surface area contributed by atoms with E-state index in [4.69, 9.17) is 0 Å². The van der Waals surface area contributed by atoms with Crippen LogP contribution in [0.15, 0.2) is 0 Å². The number of carbonyl (C=O) groups is 4. The van der Waals surface area contributed by atoms with Crippen LogP contribution in [0.4, 0.5) is 0 Å². The Morgan fingerprint density at radius 1 is 1.00 bits per heavy atom. The fraction of sp³-hybridized carbons (Fsp3) is 0.852. The van der Waals surface area contributed by atoms with E-state index in [-0.39, 0.29) is 35.0 Å². The lowest BCUT2D eigenvalue weighted by molar-refractivity contribution is -0.140. The molecule has 2 aliphatic heterocycles. The average molecular weight is 478 g/mol. The van der Waals surface area contributed by atoms with Crippen molar-refractivity contribution in [1.82, 2.24) is 15.1 Å². The van der Waals surface area contributed by atoms with E-state index in [0.29, 0.717) is 44.2 Å². The van der Waals surface area contributed by atoms with E-state index in [0.717, 1.165) is 58.0 Å². The van der Waals surface area contributed by atoms with Gasteiger partial charge in [0.05, 0.1) is 5.92 Å². The van der Waals surface area contributed by atoms with Gasteiger partial charge in [-0.15, -0.1) is 0 Å². The molecule has 0 aromatic heterocycles. The minimum atomic E-state index is -0.221. The summed E-state index contributed by atoms with van der Waals surface area (Å²) in [6.07, 6.45) is 7.55. The summed E-state index contributed by atoms with van der Waals surface area (Å²) in [4.78, 5) is 52.4. The molecular weight excluding hydrogens is 430 g/mol. The first-order valence-corrected chi connectivity index (χ1v) is 13.4. The second kappa shape index (κ2) is 13.2. The van der Waals surface area contributed by atoms with Gasteiger partial charge >= 0.3 is 0 Å². The number of imide groups is 1. The molecule has 2 aliphatic rings. The van der Waals surface area contributed by atoms with Crippen LogP contribution in [-0.4, -0.2) is 59.6 Å². The van der Waals surface area contributed by atoms with Crippen molar-refractivity contribution in [2.75, 3.05) is 26.2 Å². The highest BCUT2D eigenvalue weighted by atomic mass is 16.2. The third-order valence-electron chi connectivity index (χ3n) is 7.48. The van der Waals surface area contributed by atoms with Crippen molar-refractivity contribution in [2.24, 2.45) is 23.2 Å². The summed E-state index contributed by atoms with van der Waals surface area (Å²) in [7, 11) is 0. The maximum atomic E-state index is 12.5. The molecule has 0 radical (unpaired) electrons. The molecule has 7 heteroatoms. The molecule has 34 heavy (non-hydrogen) atoms. The van der Waals surface area contributed by atoms with E-state index in [2.05, 4.69) is 19.2 Å². The standard InChI is InChI=1S/C27H47N3O4/c1-20(2)21-14-17-29(19-21)24(32)13-9-6-10-15-28-23(31)12-8-7-11-16-30-25(33)18-22(26(30)34)27(3,4)5/h20-22H,6-19H2,1-5H3,(H,28,31). The Bertz CT molecular complexity index is 713. The minimum absolute atomic E-state index is 0.0443. The van der Waals surface area contributed by atoms with Crippen LogP contribution in [0.1, 0.15) is 98.8 Å². The SMILES string of the molecule is CC(C)C1CCN(C(=O)CCCCCNC(=O)CCCCCN2C(=O)CC(C(C)(C)C)C2=O)C1. The molecule has 0 bridgehead atoms. The van der Waals surface area contributed by atoms with Crippen LogP contribution in [0.5, 0.6) is 0 Å². The van der Waals surface area contributed by atoms with Crippen LogP contribution in [0.2, 0.25) is 0 Å². The first-order valence-electron chi connectivity index (χ1n) is 13.4. The Hall–Kier alpha value is -1.92. The van der Waals surface area contributed by atoms with Crippen molar-refractivity contribution in [1.29, 1.82) is 0 Å². The lowest BCUT2D eigenvalue weighted by atomic mass is 9.80. The molecule has 194 valence electrons. The van der Waals surface area contributed by atoms with Gasteiger partial charge in [-0.05, 0) is 49.4 Å². The molecular formula is C27H47N3O4. The summed E-state index contributed by atoms with van der Waals surface area (Å²) >= 11 is 0. The van der Waals surface area contributed by atoms with Gasteiger partial charge in [0.1, 0.15) is 0 Å². The zero-order valence-electron chi connectivity index (χ0n) is 22.2. The molecule has 0 aromatic rings. The second-order valence-electron chi connectivity index (χ2n) is 11.6. The lowest BCUT2D eigenvalue weighted by Crippen LogP contribution is -2.34. The molecule has 2 unspecified atom stereocenters. The van der Waals surface area contributed by atoms with Crippen LogP contribution in [-0.2, 0) is 19.2 Å². The van der Waals surface area contributed by atoms with Crippen molar-refractivity contribution in [3.63, 3.8) is 0 Å². The molecule has 4 amide bonds. The number of carbonyl (C=O) groups excluding carboxylic acids is 4. The maximum absolute atomic E-state index is 12.5. The molecule has 2 fully saturated rings. The summed E-state index contributed by atoms with van der Waals surface area (Å²) in [5.41, 5.74) is -0.194. The van der Waals surface area contributed by atoms with Gasteiger partial charge in [0.25, 0.3) is 0 Å². The maximum Gasteiger partial charge on any atom is 0.233 e. The smallest absolute Gasteiger partial charge is 0.233 e. The van der Waals surface area contributed by atoms with Gasteiger partial charge in [0, 0.05) is 45.4 Å². The van der Waals surface area contributed by atoms with Crippen molar-refractivity contribution < 1.29 is 19.2 Å². The Morgan fingerprint density at radius 3 is 2.29 bits per heavy atom. The van der Waals surface area contributed by atoms with Gasteiger partial charge in [0.15, 0.2) is 0 Å². The first kappa shape index (κ1) is 28.3. The Morgan fingerprint density at radius 2 is 1.68 bits per heavy atom. The van der Waals surface area contributed by atoms with E-state index in [1.54, 1.807) is 0 Å². The Balaban J connectivity index is 1.46. The predicted molar refractivity (Wildman–Crippen MR) is 134 cm³/mol. The van der Waals surface area contributed by atoms with Crippen LogP contribution in [0.3, 0.4) is 0 Å². The number of likely N-dealkylation sites (tertiary alicyclic amines) is 2. The topological polar surface area (TPSA) is 86.8 Å². The number of amides is 4. The zero-order valence-corrected chi connectivity index (χ0v) is 22.2. The number of unbranched alkanes of at least 4 members (excludes halogenated alkanes) is 4. The molecule has 2 atom stereocenters. The number of hydrogen-bond donors (Lipinski definition) is 1. The highest BCUT2D eigenvalue weighted by Crippen LogP contribution is 2.35. The predicted octanol–water partition coefficient (Wildman–Crippen LogP) is 4.15. The molecule has 2 saturated heterocycles. The monoisotopic (exact) mass is 477 g/mol. The normalized spacial score (nSPS) is 21.1. The number of nitrogens with zero attached hydrogens (tertiary/aromatic N) is 2. The molecule has 0 saturated carbocycles. The highest BCUT2D eigenvalue weighted by molar-refractivity contribution is 6.03. The van der Waals surface area contributed by atoms with E-state index in [1.807, 2.05) is 25.7 Å². The molecule has 0 aliphatic carbocycles. The number of hydrogen-bond acceptors (Lipinski definition) is 4. The van der Waals surface area contributed by atoms with E-state index in [9.17, 15) is 19.2 Å². The van der Waals surface area contributed by atoms with Gasteiger partial charge in [-0.25, -0.2) is 0 Å². The fourth-order valence-corrected chi connectivity index (χ4v) is 4.94. The molecule has 2 heterocycles. The van der Waals surface area contributed by atoms with Crippen molar-refractivity contribution in [3.05, 3.63) is 0 Å². The summed E-state index contributed by atoms with van der Waals surface area (Å²) in [5, 5.41) is 2.96. The summed E-state index contributed by atoms with van der Waals surface area (Å²) in [5.74, 6) is 1.28. The summed E-state index contributed by atoms with van der Waals surface area (Å²) in [6.45, 7) is 13.4. The summed E-state index contributed by atoms with van der Waals surface area (Å²) in [6, 6.07) is 0. The van der Waals surface area contributed by atoms with Crippen molar-refractivity contribution >= 4 is 23.6 Å². The third-order valence-corrected chi connectivity index (χ3v) is 7.48. The molecule has 0 aromatic carbocycles. The molecule has 7 nitrogen and oxygen atoms in total. The van der Waals surface area contributed by atoms with Crippen LogP contribution >= 0.6 is 0 Å². The summed E-state index contributed by atoms with van der Waals surface area (Å²) < 4.78 is 0. The molecule has 1 N–H and O–H groups in total. The molecule has 2 rings (SSSR count). The average Bonchev–Trinajstić information content (AvgIpc) is 3.36. The molecule has 0 spiro atoms. The number of nitrogens with one attached hydrogen (secondary N) is 1. The van der Waals surface area contributed by atoms with E-state index >= 15 is 0 Å². The third kappa shape index (κ3) is 8.70. The zero-order chi connectivity index (χ0) is 25.3. The van der Waals surface area contributed by atoms with Crippen LogP contribution in [0.25, 0.3) is 0 Å². The Kier molecular flexibility index (Phi) is 11.0. The van der Waals surface area contributed by atoms with Gasteiger partial charge in [-0.2, -0.15) is 0 Å². The van der Waals surface area contributed by atoms with E-state index in [1.165, 1.54) is 4.90 Å². The van der Waals surface area contributed by atoms with Gasteiger partial charge in [-0.1, -0.05) is 47.5 Å². The van der Waals surface area contributed by atoms with Gasteiger partial charge in [-0.3, -0.25) is 24.1 Å². The first-order chi connectivity index (χ1) is 16.0. The lowest BCUT2D eigenvalue weighted by Gasteiger charge is -2.24. The second-order valence-corrected chi connectivity index (χ2v) is 11.6. The van der Waals surface area contributed by atoms with E-state index < -0.39 is 0 Å². The highest BCUT2D eigenvalue weighted by Gasteiger charge is 2.44. The van der Waals surface area contributed by atoms with Crippen molar-refractivity contribution in [2.45, 2.75) is 98.8 Å². The quantitative estimate of drug-likeness (QED) is 0.319. The van der Waals surface area contributed by atoms with Gasteiger partial charge < -0.3 is 10.2 Å². The minimum Gasteiger partial charge on any atom is -0.356 e. The van der Waals surface area contributed by atoms with Crippen molar-refractivity contribution in [3.8, 4) is 0 Å². The van der Waals surface area contributed by atoms with Gasteiger partial charge in [0.2, 0.25) is 23.6 Å². The Labute approximate surface area is 206 Å².